The first kappa shape index (κ1) is 18.7. The van der Waals surface area contributed by atoms with Crippen molar-refractivity contribution in [3.8, 4) is 0 Å². The monoisotopic (exact) mass is 288 g/mol. The molecule has 3 N–H and O–H groups in total. The van der Waals surface area contributed by atoms with E-state index in [9.17, 15) is 9.59 Å². The van der Waals surface area contributed by atoms with Crippen LogP contribution in [0.5, 0.6) is 0 Å². The van der Waals surface area contributed by atoms with E-state index in [0.29, 0.717) is 19.6 Å². The van der Waals surface area contributed by atoms with Crippen LogP contribution in [0.4, 0.5) is 4.79 Å². The number of hydrogen-bond donors (Lipinski definition) is 3. The fourth-order valence-corrected chi connectivity index (χ4v) is 1.74. The summed E-state index contributed by atoms with van der Waals surface area (Å²) in [6, 6.07) is -0.421. The highest BCUT2D eigenvalue weighted by atomic mass is 16.5. The largest absolute Gasteiger partial charge is 0.481 e. The normalized spacial score (nSPS) is 13.8. The molecule has 0 aromatic carbocycles. The Balaban J connectivity index is 4.20. The van der Waals surface area contributed by atoms with Crippen molar-refractivity contribution in [1.29, 1.82) is 0 Å². The number of aliphatic carboxylic acids is 1. The Morgan fingerprint density at radius 3 is 2.35 bits per heavy atom. The van der Waals surface area contributed by atoms with Gasteiger partial charge in [-0.25, -0.2) is 4.79 Å². The molecule has 2 atom stereocenters. The number of carbonyl (C=O) groups is 2. The second-order valence-corrected chi connectivity index (χ2v) is 5.19. The maximum absolute atomic E-state index is 11.8. The highest BCUT2D eigenvalue weighted by molar-refractivity contribution is 5.76. The summed E-state index contributed by atoms with van der Waals surface area (Å²) in [7, 11) is 0. The van der Waals surface area contributed by atoms with Crippen LogP contribution in [-0.4, -0.2) is 42.9 Å². The third-order valence-corrected chi connectivity index (χ3v) is 3.12. The molecule has 20 heavy (non-hydrogen) atoms. The highest BCUT2D eigenvalue weighted by Crippen LogP contribution is 2.05. The van der Waals surface area contributed by atoms with Crippen LogP contribution in [-0.2, 0) is 9.53 Å². The second kappa shape index (κ2) is 10.5. The van der Waals surface area contributed by atoms with Crippen LogP contribution in [0.2, 0.25) is 0 Å². The van der Waals surface area contributed by atoms with Crippen LogP contribution in [0.15, 0.2) is 0 Å². The van der Waals surface area contributed by atoms with E-state index in [-0.39, 0.29) is 24.5 Å². The number of ether oxygens (including phenoxy) is 1. The van der Waals surface area contributed by atoms with Crippen molar-refractivity contribution in [2.75, 3.05) is 19.8 Å². The van der Waals surface area contributed by atoms with Crippen LogP contribution in [0.3, 0.4) is 0 Å². The van der Waals surface area contributed by atoms with E-state index in [2.05, 4.69) is 10.6 Å². The highest BCUT2D eigenvalue weighted by Gasteiger charge is 2.19. The van der Waals surface area contributed by atoms with E-state index >= 15 is 0 Å². The quantitative estimate of drug-likeness (QED) is 0.572. The molecular formula is C14H28N2O4. The van der Waals surface area contributed by atoms with Crippen LogP contribution < -0.4 is 10.6 Å². The summed E-state index contributed by atoms with van der Waals surface area (Å²) in [5, 5.41) is 14.5. The first-order chi connectivity index (χ1) is 9.42. The zero-order valence-electron chi connectivity index (χ0n) is 12.9. The molecule has 0 aliphatic rings. The zero-order chi connectivity index (χ0) is 15.5. The Morgan fingerprint density at radius 2 is 1.90 bits per heavy atom. The molecule has 0 heterocycles. The number of hydrogen-bond acceptors (Lipinski definition) is 3. The fraction of sp³-hybridized carbons (Fsp3) is 0.857. The van der Waals surface area contributed by atoms with Gasteiger partial charge in [-0.2, -0.15) is 0 Å². The lowest BCUT2D eigenvalue weighted by atomic mass is 10.0. The average Bonchev–Trinajstić information content (AvgIpc) is 2.38. The van der Waals surface area contributed by atoms with Crippen LogP contribution in [0.1, 0.15) is 40.5 Å². The van der Waals surface area contributed by atoms with Gasteiger partial charge in [-0.1, -0.05) is 27.2 Å². The molecule has 0 spiro atoms. The van der Waals surface area contributed by atoms with Gasteiger partial charge in [0.1, 0.15) is 0 Å². The van der Waals surface area contributed by atoms with Gasteiger partial charge in [0.05, 0.1) is 18.6 Å². The Bertz CT molecular complexity index is 295. The number of carboxylic acid groups (broad SMARTS) is 1. The minimum absolute atomic E-state index is 0.0793. The maximum Gasteiger partial charge on any atom is 0.315 e. The molecular weight excluding hydrogens is 260 g/mol. The first-order valence-electron chi connectivity index (χ1n) is 7.27. The number of amides is 2. The summed E-state index contributed by atoms with van der Waals surface area (Å²) < 4.78 is 5.32. The maximum atomic E-state index is 11.8. The Labute approximate surface area is 121 Å². The minimum Gasteiger partial charge on any atom is -0.481 e. The topological polar surface area (TPSA) is 87.7 Å². The van der Waals surface area contributed by atoms with E-state index < -0.39 is 11.9 Å². The average molecular weight is 288 g/mol. The number of carbonyl (C=O) groups excluding carboxylic acids is 1. The molecule has 0 fully saturated rings. The van der Waals surface area contributed by atoms with Crippen LogP contribution in [0, 0.1) is 11.8 Å². The Morgan fingerprint density at radius 1 is 1.25 bits per heavy atom. The van der Waals surface area contributed by atoms with Crippen LogP contribution in [0.25, 0.3) is 0 Å². The van der Waals surface area contributed by atoms with E-state index in [1.54, 1.807) is 0 Å². The molecule has 0 aromatic heterocycles. The van der Waals surface area contributed by atoms with Gasteiger partial charge in [0.2, 0.25) is 0 Å². The number of rotatable bonds is 10. The molecule has 0 radical (unpaired) electrons. The van der Waals surface area contributed by atoms with E-state index in [1.165, 1.54) is 0 Å². The van der Waals surface area contributed by atoms with Crippen molar-refractivity contribution in [3.63, 3.8) is 0 Å². The van der Waals surface area contributed by atoms with Gasteiger partial charge in [-0.15, -0.1) is 0 Å². The zero-order valence-corrected chi connectivity index (χ0v) is 12.9. The smallest absolute Gasteiger partial charge is 0.315 e. The number of carboxylic acids is 1. The van der Waals surface area contributed by atoms with Crippen LogP contribution >= 0.6 is 0 Å². The summed E-state index contributed by atoms with van der Waals surface area (Å²) in [6.07, 6.45) is 1.33. The standard InChI is InChI=1S/C14H28N2O4/c1-5-7-11(13(17)18)8-15-14(19)16-12(10(3)4)9-20-6-2/h10-12H,5-9H2,1-4H3,(H,17,18)(H2,15,16,19). The van der Waals surface area contributed by atoms with E-state index in [0.717, 1.165) is 6.42 Å². The van der Waals surface area contributed by atoms with Crippen molar-refractivity contribution in [2.24, 2.45) is 11.8 Å². The molecule has 6 heteroatoms. The molecule has 0 rings (SSSR count). The Kier molecular flexibility index (Phi) is 9.80. The fourth-order valence-electron chi connectivity index (χ4n) is 1.74. The van der Waals surface area contributed by atoms with Gasteiger partial charge in [0.25, 0.3) is 0 Å². The summed E-state index contributed by atoms with van der Waals surface area (Å²) >= 11 is 0. The predicted molar refractivity (Wildman–Crippen MR) is 77.7 cm³/mol. The molecule has 0 aliphatic heterocycles. The van der Waals surface area contributed by atoms with Crippen molar-refractivity contribution in [2.45, 2.75) is 46.6 Å². The second-order valence-electron chi connectivity index (χ2n) is 5.19. The molecule has 6 nitrogen and oxygen atoms in total. The lowest BCUT2D eigenvalue weighted by molar-refractivity contribution is -0.141. The Hall–Kier alpha value is -1.30. The third-order valence-electron chi connectivity index (χ3n) is 3.12. The van der Waals surface area contributed by atoms with Crippen molar-refractivity contribution in [1.82, 2.24) is 10.6 Å². The molecule has 0 bridgehead atoms. The molecule has 0 aromatic rings. The SMILES string of the molecule is CCCC(CNC(=O)NC(COCC)C(C)C)C(=O)O. The first-order valence-corrected chi connectivity index (χ1v) is 7.27. The lowest BCUT2D eigenvalue weighted by Crippen LogP contribution is -2.48. The van der Waals surface area contributed by atoms with E-state index in [4.69, 9.17) is 9.84 Å². The van der Waals surface area contributed by atoms with Gasteiger partial charge in [0, 0.05) is 13.2 Å². The van der Waals surface area contributed by atoms with E-state index in [1.807, 2.05) is 27.7 Å². The van der Waals surface area contributed by atoms with Crippen molar-refractivity contribution < 1.29 is 19.4 Å². The number of nitrogens with one attached hydrogen (secondary N) is 2. The van der Waals surface area contributed by atoms with Gasteiger partial charge >= 0.3 is 12.0 Å². The van der Waals surface area contributed by atoms with Gasteiger partial charge in [0.15, 0.2) is 0 Å². The lowest BCUT2D eigenvalue weighted by Gasteiger charge is -2.23. The minimum atomic E-state index is -0.873. The third kappa shape index (κ3) is 7.99. The summed E-state index contributed by atoms with van der Waals surface area (Å²) in [4.78, 5) is 22.8. The molecule has 0 saturated carbocycles. The summed E-state index contributed by atoms with van der Waals surface area (Å²) in [5.41, 5.74) is 0. The molecule has 2 unspecified atom stereocenters. The van der Waals surface area contributed by atoms with Crippen molar-refractivity contribution >= 4 is 12.0 Å². The van der Waals surface area contributed by atoms with Gasteiger partial charge in [-0.05, 0) is 19.3 Å². The molecule has 2 amide bonds. The van der Waals surface area contributed by atoms with Crippen molar-refractivity contribution in [3.05, 3.63) is 0 Å². The predicted octanol–water partition coefficient (Wildman–Crippen LogP) is 1.85. The van der Waals surface area contributed by atoms with Gasteiger partial charge in [-0.3, -0.25) is 4.79 Å². The summed E-state index contributed by atoms with van der Waals surface area (Å²) in [6.45, 7) is 9.03. The molecule has 0 aliphatic carbocycles. The summed E-state index contributed by atoms with van der Waals surface area (Å²) in [5.74, 6) is -1.16. The number of urea groups is 1. The molecule has 118 valence electrons. The molecule has 0 saturated heterocycles. The van der Waals surface area contributed by atoms with Gasteiger partial charge < -0.3 is 20.5 Å².